The number of hydrogen-bond acceptors (Lipinski definition) is 10. The summed E-state index contributed by atoms with van der Waals surface area (Å²) in [7, 11) is 5.23. The zero-order valence-corrected chi connectivity index (χ0v) is 32.6. The molecule has 2 aromatic carbocycles. The fourth-order valence-corrected chi connectivity index (χ4v) is 7.87. The molecule has 58 heavy (non-hydrogen) atoms. The van der Waals surface area contributed by atoms with Gasteiger partial charge in [0.05, 0.1) is 36.6 Å². The molecule has 2 aliphatic heterocycles. The molecule has 4 aromatic heterocycles. The second-order valence-corrected chi connectivity index (χ2v) is 14.7. The molecule has 0 bridgehead atoms. The van der Waals surface area contributed by atoms with Crippen LogP contribution in [0.4, 0.5) is 35.2 Å². The number of aromatic nitrogens is 5. The van der Waals surface area contributed by atoms with Crippen LogP contribution in [-0.4, -0.2) is 100 Å². The maximum absolute atomic E-state index is 14.3. The van der Waals surface area contributed by atoms with Gasteiger partial charge in [0, 0.05) is 86.8 Å². The number of likely N-dealkylation sites (N-methyl/N-ethyl adjacent to an activating group) is 1. The number of benzene rings is 2. The van der Waals surface area contributed by atoms with E-state index in [0.29, 0.717) is 48.3 Å². The summed E-state index contributed by atoms with van der Waals surface area (Å²) < 4.78 is 57.9. The third-order valence-electron chi connectivity index (χ3n) is 11.0. The molecule has 2 aliphatic rings. The fraction of sp³-hybridized carbons (Fsp3) is 0.366. The highest BCUT2D eigenvalue weighted by Crippen LogP contribution is 2.39. The molecule has 8 rings (SSSR count). The zero-order chi connectivity index (χ0) is 40.4. The molecule has 0 atom stereocenters. The number of urea groups is 1. The number of fused-ring (bicyclic) bond motifs is 2. The van der Waals surface area contributed by atoms with Crippen molar-refractivity contribution in [2.24, 2.45) is 0 Å². The number of carbonyl (C=O) groups is 1. The number of nitrogens with one attached hydrogen (secondary N) is 4. The second kappa shape index (κ2) is 16.5. The SMILES string of the molecule is COc1ccc(CNc2ncnc3c2c(-c2ccc(NC(=O)Nc4ccc(CN5CCN(C)CC5)c(C(F)(F)F)c4)c4nccn24)cn3C2CCNCC2)c(OC)c1. The summed E-state index contributed by atoms with van der Waals surface area (Å²) >= 11 is 0. The minimum Gasteiger partial charge on any atom is -0.497 e. The molecule has 17 heteroatoms. The summed E-state index contributed by atoms with van der Waals surface area (Å²) in [5.41, 5.74) is 3.58. The number of imidazole rings is 1. The summed E-state index contributed by atoms with van der Waals surface area (Å²) in [6.45, 7) is 5.33. The molecule has 0 unspecified atom stereocenters. The average molecular weight is 798 g/mol. The number of carbonyl (C=O) groups excluding carboxylic acids is 1. The predicted octanol–water partition coefficient (Wildman–Crippen LogP) is 6.71. The molecule has 6 heterocycles. The van der Waals surface area contributed by atoms with E-state index in [9.17, 15) is 18.0 Å². The maximum Gasteiger partial charge on any atom is 0.416 e. The van der Waals surface area contributed by atoms with Crippen molar-refractivity contribution in [1.29, 1.82) is 0 Å². The number of anilines is 3. The molecule has 4 N–H and O–H groups in total. The first-order valence-electron chi connectivity index (χ1n) is 19.3. The first-order valence-corrected chi connectivity index (χ1v) is 19.3. The Bertz CT molecular complexity index is 2420. The van der Waals surface area contributed by atoms with Crippen molar-refractivity contribution >= 4 is 39.9 Å². The van der Waals surface area contributed by atoms with Crippen LogP contribution in [0.3, 0.4) is 0 Å². The van der Waals surface area contributed by atoms with Gasteiger partial charge in [-0.1, -0.05) is 6.07 Å². The zero-order valence-electron chi connectivity index (χ0n) is 32.6. The standard InChI is InChI=1S/C41H46F3N11O3/c1-52-16-18-53(19-17-52)23-27-4-6-28(20-32(27)41(42,43)44)50-40(56)51-33-8-9-34(54-15-14-46-38(33)54)31-24-55(29-10-12-45-13-11-29)39-36(31)37(48-25-49-39)47-22-26-5-7-30(57-2)21-35(26)58-3/h4-9,14-15,20-21,24-25,29,45H,10-13,16-19,22-23H2,1-3H3,(H,47,48,49)(H2,50,51,56). The molecule has 0 spiro atoms. The first-order chi connectivity index (χ1) is 28.1. The van der Waals surface area contributed by atoms with E-state index in [-0.39, 0.29) is 23.8 Å². The summed E-state index contributed by atoms with van der Waals surface area (Å²) in [5.74, 6) is 2.00. The summed E-state index contributed by atoms with van der Waals surface area (Å²) in [6.07, 6.45) is 4.38. The quantitative estimate of drug-likeness (QED) is 0.112. The van der Waals surface area contributed by atoms with E-state index < -0.39 is 17.8 Å². The number of nitrogens with zero attached hydrogens (tertiary/aromatic N) is 7. The lowest BCUT2D eigenvalue weighted by molar-refractivity contribution is -0.138. The van der Waals surface area contributed by atoms with E-state index in [0.717, 1.165) is 72.9 Å². The van der Waals surface area contributed by atoms with Gasteiger partial charge < -0.3 is 40.2 Å². The van der Waals surface area contributed by atoms with Crippen molar-refractivity contribution < 1.29 is 27.4 Å². The van der Waals surface area contributed by atoms with Crippen molar-refractivity contribution in [2.75, 3.05) is 76.5 Å². The number of hydrogen-bond donors (Lipinski definition) is 4. The molecule has 2 saturated heterocycles. The van der Waals surface area contributed by atoms with Crippen LogP contribution in [-0.2, 0) is 19.3 Å². The Labute approximate surface area is 333 Å². The fourth-order valence-electron chi connectivity index (χ4n) is 7.87. The van der Waals surface area contributed by atoms with E-state index in [4.69, 9.17) is 19.4 Å². The Morgan fingerprint density at radius 3 is 2.47 bits per heavy atom. The van der Waals surface area contributed by atoms with Gasteiger partial charge in [0.15, 0.2) is 5.65 Å². The number of piperazine rings is 1. The number of pyridine rings is 1. The number of piperidine rings is 1. The molecule has 2 amide bonds. The number of amides is 2. The van der Waals surface area contributed by atoms with Gasteiger partial charge in [-0.3, -0.25) is 9.30 Å². The minimum absolute atomic E-state index is 0.0287. The van der Waals surface area contributed by atoms with Crippen LogP contribution in [0.2, 0.25) is 0 Å². The smallest absolute Gasteiger partial charge is 0.416 e. The van der Waals surface area contributed by atoms with Gasteiger partial charge in [-0.15, -0.1) is 0 Å². The van der Waals surface area contributed by atoms with Crippen molar-refractivity contribution in [3.8, 4) is 22.8 Å². The van der Waals surface area contributed by atoms with Crippen LogP contribution in [0.1, 0.15) is 35.6 Å². The van der Waals surface area contributed by atoms with Crippen LogP contribution < -0.4 is 30.7 Å². The van der Waals surface area contributed by atoms with Gasteiger partial charge in [-0.25, -0.2) is 19.7 Å². The lowest BCUT2D eigenvalue weighted by atomic mass is 10.0. The summed E-state index contributed by atoms with van der Waals surface area (Å²) in [5, 5.41) is 13.2. The van der Waals surface area contributed by atoms with Crippen LogP contribution in [0, 0.1) is 0 Å². The molecule has 2 fully saturated rings. The Hall–Kier alpha value is -5.91. The Morgan fingerprint density at radius 1 is 0.914 bits per heavy atom. The molecule has 6 aromatic rings. The van der Waals surface area contributed by atoms with Crippen molar-refractivity contribution in [1.82, 2.24) is 39.0 Å². The highest BCUT2D eigenvalue weighted by Gasteiger charge is 2.34. The number of halogens is 3. The Kier molecular flexibility index (Phi) is 11.1. The molecular weight excluding hydrogens is 752 g/mol. The number of alkyl halides is 3. The first kappa shape index (κ1) is 38.9. The molecular formula is C41H46F3N11O3. The third kappa shape index (κ3) is 8.10. The van der Waals surface area contributed by atoms with Crippen molar-refractivity contribution in [2.45, 2.75) is 38.1 Å². The van der Waals surface area contributed by atoms with E-state index in [1.54, 1.807) is 39.0 Å². The predicted molar refractivity (Wildman–Crippen MR) is 217 cm³/mol. The van der Waals surface area contributed by atoms with Crippen LogP contribution in [0.25, 0.3) is 27.9 Å². The largest absolute Gasteiger partial charge is 0.497 e. The highest BCUT2D eigenvalue weighted by atomic mass is 19.4. The summed E-state index contributed by atoms with van der Waals surface area (Å²) in [6, 6.07) is 12.7. The lowest BCUT2D eigenvalue weighted by Crippen LogP contribution is -2.44. The highest BCUT2D eigenvalue weighted by molar-refractivity contribution is 6.04. The van der Waals surface area contributed by atoms with Gasteiger partial charge in [0.2, 0.25) is 0 Å². The molecule has 304 valence electrons. The second-order valence-electron chi connectivity index (χ2n) is 14.7. The number of methoxy groups -OCH3 is 2. The van der Waals surface area contributed by atoms with Gasteiger partial charge in [-0.2, -0.15) is 13.2 Å². The van der Waals surface area contributed by atoms with Crippen molar-refractivity contribution in [3.05, 3.63) is 90.1 Å². The topological polar surface area (TPSA) is 138 Å². The summed E-state index contributed by atoms with van der Waals surface area (Å²) in [4.78, 5) is 31.6. The molecule has 0 saturated carbocycles. The molecule has 0 aliphatic carbocycles. The monoisotopic (exact) mass is 797 g/mol. The van der Waals surface area contributed by atoms with Crippen molar-refractivity contribution in [3.63, 3.8) is 0 Å². The third-order valence-corrected chi connectivity index (χ3v) is 11.0. The van der Waals surface area contributed by atoms with E-state index in [2.05, 4.69) is 41.9 Å². The van der Waals surface area contributed by atoms with Crippen LogP contribution in [0.5, 0.6) is 11.5 Å². The van der Waals surface area contributed by atoms with E-state index >= 15 is 0 Å². The van der Waals surface area contributed by atoms with E-state index in [1.165, 1.54) is 12.1 Å². The maximum atomic E-state index is 14.3. The number of rotatable bonds is 11. The van der Waals surface area contributed by atoms with Gasteiger partial charge in [0.1, 0.15) is 29.3 Å². The van der Waals surface area contributed by atoms with Crippen LogP contribution >= 0.6 is 0 Å². The normalized spacial score (nSPS) is 15.8. The van der Waals surface area contributed by atoms with Gasteiger partial charge in [-0.05, 0) is 74.9 Å². The molecule has 14 nitrogen and oxygen atoms in total. The average Bonchev–Trinajstić information content (AvgIpc) is 3.88. The van der Waals surface area contributed by atoms with Crippen LogP contribution in [0.15, 0.2) is 73.4 Å². The number of ether oxygens (including phenoxy) is 2. The van der Waals surface area contributed by atoms with Gasteiger partial charge in [0.25, 0.3) is 0 Å². The van der Waals surface area contributed by atoms with E-state index in [1.807, 2.05) is 40.6 Å². The van der Waals surface area contributed by atoms with Gasteiger partial charge >= 0.3 is 12.2 Å². The lowest BCUT2D eigenvalue weighted by Gasteiger charge is -2.33. The molecule has 0 radical (unpaired) electrons. The Morgan fingerprint density at radius 2 is 1.71 bits per heavy atom. The Balaban J connectivity index is 1.08. The minimum atomic E-state index is -4.59.